The van der Waals surface area contributed by atoms with E-state index in [1.807, 2.05) is 12.1 Å². The predicted molar refractivity (Wildman–Crippen MR) is 73.8 cm³/mol. The molecule has 1 aromatic rings. The summed E-state index contributed by atoms with van der Waals surface area (Å²) in [4.78, 5) is 5.03. The number of anilines is 2. The summed E-state index contributed by atoms with van der Waals surface area (Å²) < 4.78 is 5.29. The van der Waals surface area contributed by atoms with Crippen LogP contribution in [0.15, 0.2) is 24.3 Å². The van der Waals surface area contributed by atoms with Crippen molar-refractivity contribution >= 4 is 11.4 Å². The molecule has 18 heavy (non-hydrogen) atoms. The Labute approximate surface area is 108 Å². The fraction of sp³-hybridized carbons (Fsp3) is 0.571. The lowest BCUT2D eigenvalue weighted by molar-refractivity contribution is -0.0792. The van der Waals surface area contributed by atoms with Crippen molar-refractivity contribution in [2.24, 2.45) is 0 Å². The molecule has 0 amide bonds. The molecule has 3 rings (SSSR count). The number of nitrogens with two attached hydrogens (primary N) is 1. The van der Waals surface area contributed by atoms with Crippen LogP contribution in [-0.2, 0) is 4.74 Å². The summed E-state index contributed by atoms with van der Waals surface area (Å²) >= 11 is 0. The van der Waals surface area contributed by atoms with E-state index in [1.165, 1.54) is 5.69 Å². The first-order valence-corrected chi connectivity index (χ1v) is 6.68. The van der Waals surface area contributed by atoms with Gasteiger partial charge >= 0.3 is 0 Å². The van der Waals surface area contributed by atoms with Crippen molar-refractivity contribution in [2.45, 2.75) is 19.0 Å². The number of nitrogen functional groups attached to an aromatic ring is 1. The average Bonchev–Trinajstić information content (AvgIpc) is 2.30. The zero-order chi connectivity index (χ0) is 12.5. The second-order valence-corrected chi connectivity index (χ2v) is 5.32. The Hall–Kier alpha value is -1.26. The van der Waals surface area contributed by atoms with E-state index in [0.717, 1.165) is 38.5 Å². The zero-order valence-corrected chi connectivity index (χ0v) is 10.9. The highest BCUT2D eigenvalue weighted by Crippen LogP contribution is 2.23. The molecule has 4 nitrogen and oxygen atoms in total. The van der Waals surface area contributed by atoms with Gasteiger partial charge in [0.1, 0.15) is 0 Å². The molecule has 0 spiro atoms. The molecule has 98 valence electrons. The number of nitrogens with zero attached hydrogens (tertiary/aromatic N) is 2. The third-order valence-electron chi connectivity index (χ3n) is 4.03. The molecule has 0 bridgehead atoms. The maximum absolute atomic E-state index is 5.73. The van der Waals surface area contributed by atoms with Gasteiger partial charge in [-0.3, -0.25) is 4.90 Å². The standard InChI is InChI=1S/C14H21N3O/c1-11-8-16(13-4-2-12(15)3-5-13)6-7-17(11)14-9-18-10-14/h2-5,11,14H,6-10,15H2,1H3/t11-/m0/s1. The van der Waals surface area contributed by atoms with Gasteiger partial charge in [-0.05, 0) is 31.2 Å². The van der Waals surface area contributed by atoms with Crippen molar-refractivity contribution in [3.8, 4) is 0 Å². The van der Waals surface area contributed by atoms with E-state index < -0.39 is 0 Å². The number of hydrogen-bond donors (Lipinski definition) is 1. The van der Waals surface area contributed by atoms with Gasteiger partial charge in [0, 0.05) is 37.1 Å². The Morgan fingerprint density at radius 3 is 2.44 bits per heavy atom. The van der Waals surface area contributed by atoms with E-state index in [1.54, 1.807) is 0 Å². The molecule has 1 atom stereocenters. The SMILES string of the molecule is C[C@H]1CN(c2ccc(N)cc2)CCN1C1COC1. The van der Waals surface area contributed by atoms with Crippen LogP contribution < -0.4 is 10.6 Å². The van der Waals surface area contributed by atoms with Crippen LogP contribution in [0.3, 0.4) is 0 Å². The van der Waals surface area contributed by atoms with Crippen molar-refractivity contribution in [2.75, 3.05) is 43.5 Å². The van der Waals surface area contributed by atoms with Crippen LogP contribution in [0.5, 0.6) is 0 Å². The van der Waals surface area contributed by atoms with Crippen LogP contribution >= 0.6 is 0 Å². The van der Waals surface area contributed by atoms with E-state index in [4.69, 9.17) is 10.5 Å². The molecule has 4 heteroatoms. The molecule has 2 aliphatic heterocycles. The lowest BCUT2D eigenvalue weighted by Crippen LogP contribution is -2.60. The molecule has 0 unspecified atom stereocenters. The molecular formula is C14H21N3O. The summed E-state index contributed by atoms with van der Waals surface area (Å²) in [6.45, 7) is 7.42. The van der Waals surface area contributed by atoms with Crippen LogP contribution in [0, 0.1) is 0 Å². The number of benzene rings is 1. The Kier molecular flexibility index (Phi) is 3.14. The molecule has 0 aromatic heterocycles. The topological polar surface area (TPSA) is 41.7 Å². The summed E-state index contributed by atoms with van der Waals surface area (Å²) in [5.41, 5.74) is 7.84. The number of piperazine rings is 1. The summed E-state index contributed by atoms with van der Waals surface area (Å²) in [6.07, 6.45) is 0. The van der Waals surface area contributed by atoms with Gasteiger partial charge in [0.05, 0.1) is 19.3 Å². The molecule has 1 aromatic carbocycles. The van der Waals surface area contributed by atoms with Crippen molar-refractivity contribution < 1.29 is 4.74 Å². The molecule has 0 saturated carbocycles. The summed E-state index contributed by atoms with van der Waals surface area (Å²) in [7, 11) is 0. The van der Waals surface area contributed by atoms with Crippen LogP contribution in [0.4, 0.5) is 11.4 Å². The molecule has 2 N–H and O–H groups in total. The minimum absolute atomic E-state index is 0.588. The lowest BCUT2D eigenvalue weighted by Gasteiger charge is -2.47. The molecule has 0 radical (unpaired) electrons. The second kappa shape index (κ2) is 4.78. The first-order chi connectivity index (χ1) is 8.74. The number of ether oxygens (including phenoxy) is 1. The Morgan fingerprint density at radius 2 is 1.89 bits per heavy atom. The fourth-order valence-electron chi connectivity index (χ4n) is 2.85. The second-order valence-electron chi connectivity index (χ2n) is 5.32. The van der Waals surface area contributed by atoms with Gasteiger partial charge in [0.2, 0.25) is 0 Å². The molecule has 2 aliphatic rings. The maximum atomic E-state index is 5.73. The quantitative estimate of drug-likeness (QED) is 0.797. The summed E-state index contributed by atoms with van der Waals surface area (Å²) in [5.74, 6) is 0. The van der Waals surface area contributed by atoms with E-state index in [-0.39, 0.29) is 0 Å². The van der Waals surface area contributed by atoms with Crippen LogP contribution in [0.25, 0.3) is 0 Å². The highest BCUT2D eigenvalue weighted by molar-refractivity contribution is 5.53. The van der Waals surface area contributed by atoms with Crippen molar-refractivity contribution in [1.29, 1.82) is 0 Å². The Morgan fingerprint density at radius 1 is 1.17 bits per heavy atom. The van der Waals surface area contributed by atoms with Crippen molar-refractivity contribution in [3.05, 3.63) is 24.3 Å². The Bertz CT molecular complexity index is 402. The van der Waals surface area contributed by atoms with Gasteiger partial charge in [-0.15, -0.1) is 0 Å². The van der Waals surface area contributed by atoms with Gasteiger partial charge in [-0.1, -0.05) is 0 Å². The normalized spacial score (nSPS) is 26.1. The largest absolute Gasteiger partial charge is 0.399 e. The Balaban J connectivity index is 1.65. The average molecular weight is 247 g/mol. The predicted octanol–water partition coefficient (Wildman–Crippen LogP) is 1.18. The monoisotopic (exact) mass is 247 g/mol. The number of rotatable bonds is 2. The highest BCUT2D eigenvalue weighted by Gasteiger charge is 2.33. The van der Waals surface area contributed by atoms with Crippen molar-refractivity contribution in [3.63, 3.8) is 0 Å². The molecule has 2 heterocycles. The molecule has 2 fully saturated rings. The van der Waals surface area contributed by atoms with Gasteiger partial charge in [0.25, 0.3) is 0 Å². The van der Waals surface area contributed by atoms with Crippen molar-refractivity contribution in [1.82, 2.24) is 4.90 Å². The van der Waals surface area contributed by atoms with E-state index in [0.29, 0.717) is 12.1 Å². The third-order valence-corrected chi connectivity index (χ3v) is 4.03. The molecule has 0 aliphatic carbocycles. The van der Waals surface area contributed by atoms with E-state index >= 15 is 0 Å². The molecule has 2 saturated heterocycles. The van der Waals surface area contributed by atoms with Crippen LogP contribution in [0.2, 0.25) is 0 Å². The van der Waals surface area contributed by atoms with E-state index in [9.17, 15) is 0 Å². The highest BCUT2D eigenvalue weighted by atomic mass is 16.5. The van der Waals surface area contributed by atoms with Gasteiger partial charge in [-0.2, -0.15) is 0 Å². The summed E-state index contributed by atoms with van der Waals surface area (Å²) in [6, 6.07) is 9.42. The van der Waals surface area contributed by atoms with Gasteiger partial charge in [0.15, 0.2) is 0 Å². The fourth-order valence-corrected chi connectivity index (χ4v) is 2.85. The zero-order valence-electron chi connectivity index (χ0n) is 10.9. The smallest absolute Gasteiger partial charge is 0.0645 e. The van der Waals surface area contributed by atoms with Crippen LogP contribution in [0.1, 0.15) is 6.92 Å². The minimum Gasteiger partial charge on any atom is -0.399 e. The first-order valence-electron chi connectivity index (χ1n) is 6.68. The third kappa shape index (κ3) is 2.18. The van der Waals surface area contributed by atoms with Gasteiger partial charge in [-0.25, -0.2) is 0 Å². The van der Waals surface area contributed by atoms with Gasteiger partial charge < -0.3 is 15.4 Å². The molecular weight excluding hydrogens is 226 g/mol. The van der Waals surface area contributed by atoms with E-state index in [2.05, 4.69) is 28.9 Å². The summed E-state index contributed by atoms with van der Waals surface area (Å²) in [5, 5.41) is 0. The van der Waals surface area contributed by atoms with Crippen LogP contribution in [-0.4, -0.2) is 49.8 Å². The minimum atomic E-state index is 0.588. The number of hydrogen-bond acceptors (Lipinski definition) is 4. The lowest BCUT2D eigenvalue weighted by atomic mass is 10.1. The maximum Gasteiger partial charge on any atom is 0.0645 e. The first kappa shape index (κ1) is 11.8.